The Kier molecular flexibility index (Phi) is 6.76. The number of rotatable bonds is 7. The average Bonchev–Trinajstić information content (AvgIpc) is 2.62. The molecule has 0 aliphatic heterocycles. The first kappa shape index (κ1) is 19.9. The second kappa shape index (κ2) is 8.82. The van der Waals surface area contributed by atoms with Gasteiger partial charge in [-0.25, -0.2) is 17.5 Å². The Hall–Kier alpha value is -2.38. The van der Waals surface area contributed by atoms with Crippen molar-refractivity contribution in [1.82, 2.24) is 9.62 Å². The van der Waals surface area contributed by atoms with Crippen molar-refractivity contribution in [3.8, 4) is 0 Å². The number of amides is 2. The maximum atomic E-state index is 12.4. The zero-order chi connectivity index (χ0) is 19.2. The summed E-state index contributed by atoms with van der Waals surface area (Å²) in [5.41, 5.74) is 1.46. The third-order valence-corrected chi connectivity index (χ3v) is 5.77. The van der Waals surface area contributed by atoms with Crippen LogP contribution in [0.25, 0.3) is 0 Å². The van der Waals surface area contributed by atoms with Gasteiger partial charge in [-0.3, -0.25) is 0 Å². The van der Waals surface area contributed by atoms with Crippen LogP contribution in [0.2, 0.25) is 0 Å². The van der Waals surface area contributed by atoms with E-state index < -0.39 is 10.0 Å². The van der Waals surface area contributed by atoms with E-state index in [-0.39, 0.29) is 17.0 Å². The van der Waals surface area contributed by atoms with Crippen LogP contribution in [0.4, 0.5) is 10.5 Å². The molecule has 2 rings (SSSR count). The number of nitrogens with one attached hydrogen (secondary N) is 2. The summed E-state index contributed by atoms with van der Waals surface area (Å²) >= 11 is 0. The minimum absolute atomic E-state index is 0.102. The number of urea groups is 1. The fourth-order valence-corrected chi connectivity index (χ4v) is 3.51. The molecule has 0 aliphatic rings. The van der Waals surface area contributed by atoms with Crippen molar-refractivity contribution in [3.05, 3.63) is 60.2 Å². The number of benzene rings is 2. The van der Waals surface area contributed by atoms with Crippen LogP contribution in [0.15, 0.2) is 59.5 Å². The predicted octanol–water partition coefficient (Wildman–Crippen LogP) is 3.60. The second-order valence-corrected chi connectivity index (χ2v) is 8.32. The van der Waals surface area contributed by atoms with Crippen LogP contribution in [-0.4, -0.2) is 32.8 Å². The summed E-state index contributed by atoms with van der Waals surface area (Å²) in [6, 6.07) is 15.5. The zero-order valence-corrected chi connectivity index (χ0v) is 16.1. The van der Waals surface area contributed by atoms with Crippen LogP contribution in [-0.2, 0) is 10.0 Å². The molecule has 2 aromatic rings. The van der Waals surface area contributed by atoms with Crippen molar-refractivity contribution in [2.45, 2.75) is 30.7 Å². The molecule has 0 fully saturated rings. The third kappa shape index (κ3) is 5.06. The molecule has 7 heteroatoms. The first-order valence-corrected chi connectivity index (χ1v) is 9.93. The molecule has 0 bridgehead atoms. The monoisotopic (exact) mass is 375 g/mol. The van der Waals surface area contributed by atoms with Gasteiger partial charge in [-0.05, 0) is 30.2 Å². The van der Waals surface area contributed by atoms with Gasteiger partial charge in [0.25, 0.3) is 0 Å². The van der Waals surface area contributed by atoms with Crippen LogP contribution in [0.3, 0.4) is 0 Å². The summed E-state index contributed by atoms with van der Waals surface area (Å²) in [7, 11) is -0.609. The Labute approximate surface area is 155 Å². The number of nitrogens with zero attached hydrogens (tertiary/aromatic N) is 1. The van der Waals surface area contributed by atoms with E-state index in [1.54, 1.807) is 12.1 Å². The highest BCUT2D eigenvalue weighted by Crippen LogP contribution is 2.20. The van der Waals surface area contributed by atoms with E-state index in [2.05, 4.69) is 17.6 Å². The van der Waals surface area contributed by atoms with Crippen molar-refractivity contribution in [2.24, 2.45) is 0 Å². The number of carbonyl (C=O) groups is 1. The van der Waals surface area contributed by atoms with Gasteiger partial charge in [0.2, 0.25) is 10.0 Å². The van der Waals surface area contributed by atoms with E-state index >= 15 is 0 Å². The van der Waals surface area contributed by atoms with Gasteiger partial charge in [0.05, 0.1) is 10.9 Å². The highest BCUT2D eigenvalue weighted by Gasteiger charge is 2.18. The highest BCUT2D eigenvalue weighted by atomic mass is 32.2. The molecule has 26 heavy (non-hydrogen) atoms. The van der Waals surface area contributed by atoms with Crippen molar-refractivity contribution in [1.29, 1.82) is 0 Å². The molecule has 0 heterocycles. The van der Waals surface area contributed by atoms with Gasteiger partial charge in [-0.2, -0.15) is 0 Å². The molecule has 2 amide bonds. The second-order valence-electron chi connectivity index (χ2n) is 6.17. The first-order chi connectivity index (χ1) is 12.3. The number of hydrogen-bond acceptors (Lipinski definition) is 3. The lowest BCUT2D eigenvalue weighted by molar-refractivity contribution is 0.248. The fraction of sp³-hybridized carbons (Fsp3) is 0.316. The molecule has 2 N–H and O–H groups in total. The van der Waals surface area contributed by atoms with Crippen LogP contribution < -0.4 is 10.6 Å². The Morgan fingerprint density at radius 1 is 1.08 bits per heavy atom. The van der Waals surface area contributed by atoms with E-state index in [0.29, 0.717) is 5.69 Å². The molecule has 0 saturated carbocycles. The van der Waals surface area contributed by atoms with Crippen molar-refractivity contribution < 1.29 is 13.2 Å². The lowest BCUT2D eigenvalue weighted by Crippen LogP contribution is -2.32. The molecule has 0 radical (unpaired) electrons. The Morgan fingerprint density at radius 3 is 2.38 bits per heavy atom. The molecule has 0 aromatic heterocycles. The van der Waals surface area contributed by atoms with E-state index in [1.165, 1.54) is 26.2 Å². The van der Waals surface area contributed by atoms with Crippen molar-refractivity contribution in [3.63, 3.8) is 0 Å². The summed E-state index contributed by atoms with van der Waals surface area (Å²) in [5.74, 6) is 0. The van der Waals surface area contributed by atoms with E-state index in [0.717, 1.165) is 22.7 Å². The maximum Gasteiger partial charge on any atom is 0.319 e. The molecule has 1 atom stereocenters. The Morgan fingerprint density at radius 2 is 1.77 bits per heavy atom. The molecule has 1 unspecified atom stereocenters. The first-order valence-electron chi connectivity index (χ1n) is 8.49. The predicted molar refractivity (Wildman–Crippen MR) is 104 cm³/mol. The van der Waals surface area contributed by atoms with Gasteiger partial charge in [0.15, 0.2) is 0 Å². The highest BCUT2D eigenvalue weighted by molar-refractivity contribution is 7.89. The Bertz CT molecular complexity index is 836. The maximum absolute atomic E-state index is 12.4. The normalized spacial score (nSPS) is 12.6. The van der Waals surface area contributed by atoms with Gasteiger partial charge >= 0.3 is 6.03 Å². The number of carbonyl (C=O) groups excluding carboxylic acids is 1. The molecule has 2 aromatic carbocycles. The topological polar surface area (TPSA) is 78.5 Å². The summed E-state index contributed by atoms with van der Waals surface area (Å²) < 4.78 is 25.6. The molecule has 0 spiro atoms. The molecular formula is C19H25N3O3S. The fourth-order valence-electron chi connectivity index (χ4n) is 2.57. The number of sulfonamides is 1. The lowest BCUT2D eigenvalue weighted by atomic mass is 10.0. The van der Waals surface area contributed by atoms with Crippen LogP contribution in [0.1, 0.15) is 31.4 Å². The number of anilines is 1. The minimum Gasteiger partial charge on any atom is -0.331 e. The molecule has 0 aliphatic carbocycles. The van der Waals surface area contributed by atoms with Crippen molar-refractivity contribution in [2.75, 3.05) is 19.4 Å². The van der Waals surface area contributed by atoms with Crippen LogP contribution in [0, 0.1) is 0 Å². The summed E-state index contributed by atoms with van der Waals surface area (Å²) in [6.07, 6.45) is 1.74. The largest absolute Gasteiger partial charge is 0.331 e. The smallest absolute Gasteiger partial charge is 0.319 e. The SMILES string of the molecule is CCCC(NC(=O)Nc1cccc(S(=O)(=O)N(C)C)c1)c1ccccc1. The zero-order valence-electron chi connectivity index (χ0n) is 15.3. The quantitative estimate of drug-likeness (QED) is 0.776. The van der Waals surface area contributed by atoms with E-state index in [4.69, 9.17) is 0 Å². The van der Waals surface area contributed by atoms with Crippen LogP contribution >= 0.6 is 0 Å². The number of hydrogen-bond donors (Lipinski definition) is 2. The molecular weight excluding hydrogens is 350 g/mol. The van der Waals surface area contributed by atoms with Gasteiger partial charge in [-0.1, -0.05) is 49.7 Å². The van der Waals surface area contributed by atoms with Gasteiger partial charge in [0.1, 0.15) is 0 Å². The average molecular weight is 375 g/mol. The van der Waals surface area contributed by atoms with E-state index in [9.17, 15) is 13.2 Å². The summed E-state index contributed by atoms with van der Waals surface area (Å²) in [6.45, 7) is 2.06. The molecule has 0 saturated heterocycles. The van der Waals surface area contributed by atoms with E-state index in [1.807, 2.05) is 30.3 Å². The lowest BCUT2D eigenvalue weighted by Gasteiger charge is -2.19. The van der Waals surface area contributed by atoms with Crippen molar-refractivity contribution >= 4 is 21.7 Å². The standard InChI is InChI=1S/C19H25N3O3S/c1-4-9-18(15-10-6-5-7-11-15)21-19(23)20-16-12-8-13-17(14-16)26(24,25)22(2)3/h5-8,10-14,18H,4,9H2,1-3H3,(H2,20,21,23). The molecule has 6 nitrogen and oxygen atoms in total. The van der Waals surface area contributed by atoms with Crippen LogP contribution in [0.5, 0.6) is 0 Å². The van der Waals surface area contributed by atoms with Gasteiger partial charge in [0, 0.05) is 19.8 Å². The summed E-state index contributed by atoms with van der Waals surface area (Å²) in [5, 5.41) is 5.67. The minimum atomic E-state index is -3.55. The van der Waals surface area contributed by atoms with Gasteiger partial charge < -0.3 is 10.6 Å². The molecule has 140 valence electrons. The van der Waals surface area contributed by atoms with Gasteiger partial charge in [-0.15, -0.1) is 0 Å². The third-order valence-electron chi connectivity index (χ3n) is 3.96. The Balaban J connectivity index is 2.12. The summed E-state index contributed by atoms with van der Waals surface area (Å²) in [4.78, 5) is 12.5.